The molecule has 2 aliphatic heterocycles. The number of anilines is 3. The van der Waals surface area contributed by atoms with Crippen molar-refractivity contribution in [2.45, 2.75) is 19.9 Å². The van der Waals surface area contributed by atoms with Gasteiger partial charge in [-0.3, -0.25) is 4.90 Å². The molecule has 2 aliphatic rings. The topological polar surface area (TPSA) is 57.1 Å². The zero-order valence-electron chi connectivity index (χ0n) is 23.0. The van der Waals surface area contributed by atoms with Crippen molar-refractivity contribution in [3.8, 4) is 11.5 Å². The van der Waals surface area contributed by atoms with Gasteiger partial charge in [-0.25, -0.2) is 4.99 Å². The van der Waals surface area contributed by atoms with Crippen molar-refractivity contribution >= 4 is 52.1 Å². The second kappa shape index (κ2) is 11.5. The summed E-state index contributed by atoms with van der Waals surface area (Å²) in [4.78, 5) is 11.3. The van der Waals surface area contributed by atoms with E-state index in [-0.39, 0.29) is 16.9 Å². The molecule has 5 aromatic rings. The number of aliphatic imine (C=N–C) groups is 1. The van der Waals surface area contributed by atoms with Gasteiger partial charge >= 0.3 is 0 Å². The van der Waals surface area contributed by atoms with E-state index in [9.17, 15) is 5.11 Å². The van der Waals surface area contributed by atoms with Gasteiger partial charge in [0.2, 0.25) is 0 Å². The number of aromatic hydroxyl groups is 1. The van der Waals surface area contributed by atoms with Crippen molar-refractivity contribution in [3.05, 3.63) is 127 Å². The molecule has 0 radical (unpaired) electrons. The van der Waals surface area contributed by atoms with Crippen LogP contribution in [-0.4, -0.2) is 24.6 Å². The minimum Gasteiger partial charge on any atom is -0.504 e. The van der Waals surface area contributed by atoms with Gasteiger partial charge in [-0.05, 0) is 66.2 Å². The highest BCUT2D eigenvalue weighted by molar-refractivity contribution is 8.00. The lowest BCUT2D eigenvalue weighted by atomic mass is 9.94. The molecule has 5 nitrogen and oxygen atoms in total. The Hall–Kier alpha value is -4.33. The van der Waals surface area contributed by atoms with E-state index in [1.807, 2.05) is 30.3 Å². The van der Waals surface area contributed by atoms with E-state index in [2.05, 4.69) is 95.1 Å². The van der Waals surface area contributed by atoms with Gasteiger partial charge in [0, 0.05) is 32.2 Å². The SMILES string of the molecule is COc1cc(C2Sc3ccccc3N=C(N3c4ccccc4Sc4ccccc43)C2CNc2ccccc2)ccc1O. The Kier molecular flexibility index (Phi) is 7.28. The largest absolute Gasteiger partial charge is 0.504 e. The average Bonchev–Trinajstić information content (AvgIpc) is 3.20. The number of methoxy groups -OCH3 is 1. The molecular formula is C35H29N3O2S2. The van der Waals surface area contributed by atoms with E-state index in [4.69, 9.17) is 9.73 Å². The number of amidine groups is 1. The number of rotatable bonds is 5. The number of fused-ring (bicyclic) bond motifs is 3. The van der Waals surface area contributed by atoms with Crippen LogP contribution in [-0.2, 0) is 0 Å². The summed E-state index contributed by atoms with van der Waals surface area (Å²) in [6, 6.07) is 41.5. The second-order valence-electron chi connectivity index (χ2n) is 10.1. The van der Waals surface area contributed by atoms with Crippen LogP contribution < -0.4 is 15.0 Å². The number of hydrogen-bond donors (Lipinski definition) is 2. The molecule has 0 spiro atoms. The normalized spacial score (nSPS) is 17.3. The number of nitrogens with one attached hydrogen (secondary N) is 1. The average molecular weight is 588 g/mol. The lowest BCUT2D eigenvalue weighted by Crippen LogP contribution is -2.39. The van der Waals surface area contributed by atoms with Crippen molar-refractivity contribution in [3.63, 3.8) is 0 Å². The Balaban J connectivity index is 1.45. The van der Waals surface area contributed by atoms with Gasteiger partial charge in [-0.2, -0.15) is 0 Å². The standard InChI is InChI=1S/C35H29N3O2S2/c1-40-30-21-23(19-20-29(30)39)34-25(22-36-24-11-3-2-4-12-24)35(37-26-13-5-8-16-31(26)42-34)38-27-14-6-9-17-32(27)41-33-18-10-7-15-28(33)38/h2-21,25,34,36,39H,22H2,1H3. The quantitative estimate of drug-likeness (QED) is 0.214. The third-order valence-electron chi connectivity index (χ3n) is 7.54. The molecule has 0 saturated heterocycles. The Labute approximate surface area is 254 Å². The monoisotopic (exact) mass is 587 g/mol. The van der Waals surface area contributed by atoms with Crippen molar-refractivity contribution in [2.24, 2.45) is 10.9 Å². The van der Waals surface area contributed by atoms with Crippen LogP contribution in [0.4, 0.5) is 22.7 Å². The molecule has 0 aliphatic carbocycles. The number of ether oxygens (including phenoxy) is 1. The summed E-state index contributed by atoms with van der Waals surface area (Å²) in [5.41, 5.74) is 5.31. The molecule has 7 rings (SSSR count). The summed E-state index contributed by atoms with van der Waals surface area (Å²) < 4.78 is 5.56. The minimum absolute atomic E-state index is 0.0352. The van der Waals surface area contributed by atoms with Crippen LogP contribution in [0.3, 0.4) is 0 Å². The molecule has 0 bridgehead atoms. The van der Waals surface area contributed by atoms with E-state index in [0.717, 1.165) is 39.0 Å². The third-order valence-corrected chi connectivity index (χ3v) is 10.1. The molecule has 5 aromatic carbocycles. The Morgan fingerprint density at radius 2 is 1.43 bits per heavy atom. The number of phenolic OH excluding ortho intramolecular Hbond substituents is 1. The molecular weight excluding hydrogens is 559 g/mol. The summed E-state index contributed by atoms with van der Waals surface area (Å²) in [5.74, 6) is 1.49. The van der Waals surface area contributed by atoms with Crippen LogP contribution in [0.25, 0.3) is 0 Å². The fourth-order valence-corrected chi connectivity index (χ4v) is 7.92. The van der Waals surface area contributed by atoms with Crippen LogP contribution >= 0.6 is 23.5 Å². The maximum Gasteiger partial charge on any atom is 0.160 e. The second-order valence-corrected chi connectivity index (χ2v) is 12.4. The summed E-state index contributed by atoms with van der Waals surface area (Å²) in [7, 11) is 1.59. The van der Waals surface area contributed by atoms with E-state index in [0.29, 0.717) is 12.3 Å². The molecule has 0 fully saturated rings. The first-order chi connectivity index (χ1) is 20.7. The fourth-order valence-electron chi connectivity index (χ4n) is 5.53. The first kappa shape index (κ1) is 26.6. The first-order valence-electron chi connectivity index (χ1n) is 13.9. The Morgan fingerprint density at radius 1 is 0.786 bits per heavy atom. The minimum atomic E-state index is -0.0685. The lowest BCUT2D eigenvalue weighted by molar-refractivity contribution is 0.372. The smallest absolute Gasteiger partial charge is 0.160 e. The summed E-state index contributed by atoms with van der Waals surface area (Å²) in [5, 5.41) is 14.1. The van der Waals surface area contributed by atoms with Gasteiger partial charge in [0.15, 0.2) is 11.5 Å². The van der Waals surface area contributed by atoms with E-state index >= 15 is 0 Å². The van der Waals surface area contributed by atoms with E-state index in [1.165, 1.54) is 9.79 Å². The Morgan fingerprint density at radius 3 is 2.14 bits per heavy atom. The van der Waals surface area contributed by atoms with Crippen LogP contribution in [0.1, 0.15) is 10.8 Å². The molecule has 0 aromatic heterocycles. The highest BCUT2D eigenvalue weighted by atomic mass is 32.2. The van der Waals surface area contributed by atoms with Gasteiger partial charge in [0.25, 0.3) is 0 Å². The van der Waals surface area contributed by atoms with Gasteiger partial charge in [-0.1, -0.05) is 72.4 Å². The van der Waals surface area contributed by atoms with Gasteiger partial charge in [0.1, 0.15) is 5.84 Å². The lowest BCUT2D eigenvalue weighted by Gasteiger charge is -2.38. The third kappa shape index (κ3) is 4.99. The van der Waals surface area contributed by atoms with Crippen LogP contribution in [0.15, 0.2) is 141 Å². The van der Waals surface area contributed by atoms with E-state index < -0.39 is 0 Å². The van der Waals surface area contributed by atoms with Gasteiger partial charge in [0.05, 0.1) is 30.1 Å². The fraction of sp³-hybridized carbons (Fsp3) is 0.114. The zero-order chi connectivity index (χ0) is 28.5. The maximum atomic E-state index is 10.5. The zero-order valence-corrected chi connectivity index (χ0v) is 24.6. The predicted molar refractivity (Wildman–Crippen MR) is 174 cm³/mol. The number of hydrogen-bond acceptors (Lipinski definition) is 7. The highest BCUT2D eigenvalue weighted by Gasteiger charge is 2.38. The molecule has 0 saturated carbocycles. The first-order valence-corrected chi connectivity index (χ1v) is 15.6. The predicted octanol–water partition coefficient (Wildman–Crippen LogP) is 9.31. The number of nitrogens with zero attached hydrogens (tertiary/aromatic N) is 2. The number of para-hydroxylation sites is 4. The molecule has 7 heteroatoms. The van der Waals surface area contributed by atoms with Gasteiger partial charge in [-0.15, -0.1) is 11.8 Å². The summed E-state index contributed by atoms with van der Waals surface area (Å²) in [6.45, 7) is 0.645. The van der Waals surface area contributed by atoms with Crippen LogP contribution in [0.5, 0.6) is 11.5 Å². The molecule has 42 heavy (non-hydrogen) atoms. The van der Waals surface area contributed by atoms with Crippen molar-refractivity contribution in [1.82, 2.24) is 0 Å². The highest BCUT2D eigenvalue weighted by Crippen LogP contribution is 2.53. The van der Waals surface area contributed by atoms with Crippen molar-refractivity contribution < 1.29 is 9.84 Å². The number of thioether (sulfide) groups is 1. The maximum absolute atomic E-state index is 10.5. The van der Waals surface area contributed by atoms with Crippen LogP contribution in [0, 0.1) is 5.92 Å². The summed E-state index contributed by atoms with van der Waals surface area (Å²) >= 11 is 3.60. The Bertz CT molecular complexity index is 1730. The van der Waals surface area contributed by atoms with Gasteiger partial charge < -0.3 is 15.2 Å². The van der Waals surface area contributed by atoms with Crippen LogP contribution in [0.2, 0.25) is 0 Å². The van der Waals surface area contributed by atoms with Crippen molar-refractivity contribution in [1.29, 1.82) is 0 Å². The van der Waals surface area contributed by atoms with E-state index in [1.54, 1.807) is 36.7 Å². The molecule has 2 N–H and O–H groups in total. The molecule has 2 unspecified atom stereocenters. The molecule has 2 heterocycles. The van der Waals surface area contributed by atoms with Crippen molar-refractivity contribution in [2.75, 3.05) is 23.9 Å². The number of benzene rings is 5. The number of phenols is 1. The molecule has 208 valence electrons. The molecule has 0 amide bonds. The molecule has 2 atom stereocenters. The summed E-state index contributed by atoms with van der Waals surface area (Å²) in [6.07, 6.45) is 0.